The van der Waals surface area contributed by atoms with E-state index in [4.69, 9.17) is 0 Å². The van der Waals surface area contributed by atoms with Gasteiger partial charge in [0.15, 0.2) is 0 Å². The monoisotopic (exact) mass is 294 g/mol. The van der Waals surface area contributed by atoms with Crippen LogP contribution in [0.15, 0.2) is 30.5 Å². The molecule has 0 amide bonds. The summed E-state index contributed by atoms with van der Waals surface area (Å²) in [5.74, 6) is -1.19. The summed E-state index contributed by atoms with van der Waals surface area (Å²) < 4.78 is 1.79. The van der Waals surface area contributed by atoms with Crippen LogP contribution >= 0.6 is 0 Å². The van der Waals surface area contributed by atoms with Crippen LogP contribution in [0.1, 0.15) is 28.4 Å². The van der Waals surface area contributed by atoms with Gasteiger partial charge < -0.3 is 9.90 Å². The Morgan fingerprint density at radius 1 is 1.27 bits per heavy atom. The van der Waals surface area contributed by atoms with E-state index in [0.717, 1.165) is 16.8 Å². The summed E-state index contributed by atoms with van der Waals surface area (Å²) in [7, 11) is 0. The number of fused-ring (bicyclic) bond motifs is 1. The maximum atomic E-state index is 11.5. The van der Waals surface area contributed by atoms with Gasteiger partial charge in [0.25, 0.3) is 0 Å². The molecule has 5 nitrogen and oxygen atoms in total. The standard InChI is InChI=1S/C17H17N3O2/c1-4-20-15(7-8-18-20)14-9-13(17(21)22)12-6-5-10(2)11(3)16(12)19-14/h5-9H,4H2,1-3H3,(H,21,22)/p-1. The minimum atomic E-state index is -1.19. The highest BCUT2D eigenvalue weighted by molar-refractivity contribution is 6.03. The smallest absolute Gasteiger partial charge is 0.0897 e. The fourth-order valence-corrected chi connectivity index (χ4v) is 2.63. The number of nitrogens with zero attached hydrogens (tertiary/aromatic N) is 3. The lowest BCUT2D eigenvalue weighted by molar-refractivity contribution is -0.254. The average molecular weight is 294 g/mol. The van der Waals surface area contributed by atoms with Gasteiger partial charge in [-0.05, 0) is 44.0 Å². The summed E-state index contributed by atoms with van der Waals surface area (Å²) in [5.41, 5.74) is 4.30. The van der Waals surface area contributed by atoms with Gasteiger partial charge in [-0.3, -0.25) is 4.68 Å². The predicted octanol–water partition coefficient (Wildman–Crippen LogP) is 2.10. The molecule has 0 saturated heterocycles. The van der Waals surface area contributed by atoms with E-state index >= 15 is 0 Å². The Hall–Kier alpha value is -2.69. The number of pyridine rings is 1. The molecule has 112 valence electrons. The van der Waals surface area contributed by atoms with Crippen LogP contribution in [-0.2, 0) is 6.54 Å². The maximum absolute atomic E-state index is 11.5. The number of hydrogen-bond acceptors (Lipinski definition) is 4. The van der Waals surface area contributed by atoms with Crippen LogP contribution in [0.4, 0.5) is 0 Å². The number of carbonyl (C=O) groups is 1. The molecule has 0 radical (unpaired) electrons. The van der Waals surface area contributed by atoms with E-state index in [1.165, 1.54) is 0 Å². The molecule has 0 fully saturated rings. The maximum Gasteiger partial charge on any atom is 0.0897 e. The molecule has 3 aromatic rings. The minimum absolute atomic E-state index is 0.159. The van der Waals surface area contributed by atoms with Gasteiger partial charge in [-0.1, -0.05) is 12.1 Å². The third kappa shape index (κ3) is 2.15. The van der Waals surface area contributed by atoms with Crippen LogP contribution in [-0.4, -0.2) is 20.7 Å². The zero-order valence-corrected chi connectivity index (χ0v) is 12.8. The first-order valence-corrected chi connectivity index (χ1v) is 7.17. The van der Waals surface area contributed by atoms with Crippen molar-refractivity contribution in [2.45, 2.75) is 27.3 Å². The Balaban J connectivity index is 2.38. The number of aromatic carboxylic acids is 1. The van der Waals surface area contributed by atoms with Crippen molar-refractivity contribution >= 4 is 16.9 Å². The lowest BCUT2D eigenvalue weighted by Gasteiger charge is -2.14. The number of carboxylic acid groups (broad SMARTS) is 1. The molecule has 2 aromatic heterocycles. The predicted molar refractivity (Wildman–Crippen MR) is 82.4 cm³/mol. The molecule has 0 bridgehead atoms. The number of aryl methyl sites for hydroxylation is 3. The Bertz CT molecular complexity index is 881. The number of hydrogen-bond donors (Lipinski definition) is 0. The van der Waals surface area contributed by atoms with Crippen molar-refractivity contribution in [1.82, 2.24) is 14.8 Å². The van der Waals surface area contributed by atoms with E-state index in [2.05, 4.69) is 10.1 Å². The summed E-state index contributed by atoms with van der Waals surface area (Å²) in [4.78, 5) is 16.2. The summed E-state index contributed by atoms with van der Waals surface area (Å²) in [6.45, 7) is 6.60. The van der Waals surface area contributed by atoms with Crippen molar-refractivity contribution in [1.29, 1.82) is 0 Å². The van der Waals surface area contributed by atoms with E-state index in [1.807, 2.05) is 32.9 Å². The van der Waals surface area contributed by atoms with Gasteiger partial charge in [-0.15, -0.1) is 0 Å². The molecule has 0 aliphatic rings. The van der Waals surface area contributed by atoms with Gasteiger partial charge in [0.1, 0.15) is 0 Å². The molecule has 22 heavy (non-hydrogen) atoms. The molecular weight excluding hydrogens is 278 g/mol. The molecule has 0 aliphatic carbocycles. The summed E-state index contributed by atoms with van der Waals surface area (Å²) >= 11 is 0. The average Bonchev–Trinajstić information content (AvgIpc) is 2.98. The van der Waals surface area contributed by atoms with Crippen molar-refractivity contribution in [3.8, 4) is 11.4 Å². The summed E-state index contributed by atoms with van der Waals surface area (Å²) in [6.07, 6.45) is 1.69. The first-order chi connectivity index (χ1) is 10.5. The number of benzene rings is 1. The van der Waals surface area contributed by atoms with Gasteiger partial charge >= 0.3 is 0 Å². The zero-order chi connectivity index (χ0) is 15.9. The SMILES string of the molecule is CCn1nccc1-c1cc(C(=O)[O-])c2ccc(C)c(C)c2n1. The second-order valence-electron chi connectivity index (χ2n) is 5.28. The second kappa shape index (κ2) is 5.26. The molecule has 3 rings (SSSR count). The summed E-state index contributed by atoms with van der Waals surface area (Å²) in [5, 5.41) is 16.4. The highest BCUT2D eigenvalue weighted by atomic mass is 16.4. The lowest BCUT2D eigenvalue weighted by Crippen LogP contribution is -2.23. The van der Waals surface area contributed by atoms with Gasteiger partial charge in [0.05, 0.1) is 22.9 Å². The Labute approximate surface area is 128 Å². The van der Waals surface area contributed by atoms with Crippen LogP contribution in [0.5, 0.6) is 0 Å². The normalized spacial score (nSPS) is 11.0. The van der Waals surface area contributed by atoms with Crippen molar-refractivity contribution < 1.29 is 9.90 Å². The number of rotatable bonds is 3. The van der Waals surface area contributed by atoms with Crippen LogP contribution in [0.25, 0.3) is 22.3 Å². The molecule has 0 N–H and O–H groups in total. The molecule has 0 aliphatic heterocycles. The zero-order valence-electron chi connectivity index (χ0n) is 12.8. The largest absolute Gasteiger partial charge is 0.545 e. The van der Waals surface area contributed by atoms with Crippen molar-refractivity contribution in [3.63, 3.8) is 0 Å². The first-order valence-electron chi connectivity index (χ1n) is 7.17. The Morgan fingerprint density at radius 3 is 2.73 bits per heavy atom. The van der Waals surface area contributed by atoms with E-state index in [1.54, 1.807) is 23.0 Å². The van der Waals surface area contributed by atoms with Gasteiger partial charge in [0, 0.05) is 23.7 Å². The molecule has 0 unspecified atom stereocenters. The van der Waals surface area contributed by atoms with Crippen LogP contribution in [0.2, 0.25) is 0 Å². The van der Waals surface area contributed by atoms with Gasteiger partial charge in [-0.2, -0.15) is 5.10 Å². The highest BCUT2D eigenvalue weighted by Crippen LogP contribution is 2.27. The van der Waals surface area contributed by atoms with Crippen molar-refractivity contribution in [3.05, 3.63) is 47.2 Å². The highest BCUT2D eigenvalue weighted by Gasteiger charge is 2.13. The molecule has 0 spiro atoms. The summed E-state index contributed by atoms with van der Waals surface area (Å²) in [6, 6.07) is 7.09. The Morgan fingerprint density at radius 2 is 2.05 bits per heavy atom. The van der Waals surface area contributed by atoms with E-state index in [0.29, 0.717) is 23.1 Å². The number of aromatic nitrogens is 3. The van der Waals surface area contributed by atoms with Crippen LogP contribution < -0.4 is 5.11 Å². The van der Waals surface area contributed by atoms with E-state index < -0.39 is 5.97 Å². The molecule has 0 atom stereocenters. The molecule has 2 heterocycles. The number of carbonyl (C=O) groups excluding carboxylic acids is 1. The second-order valence-corrected chi connectivity index (χ2v) is 5.28. The van der Waals surface area contributed by atoms with E-state index in [9.17, 15) is 9.90 Å². The molecule has 1 aromatic carbocycles. The quantitative estimate of drug-likeness (QED) is 0.741. The third-order valence-electron chi connectivity index (χ3n) is 4.00. The fraction of sp³-hybridized carbons (Fsp3) is 0.235. The van der Waals surface area contributed by atoms with E-state index in [-0.39, 0.29) is 5.56 Å². The fourth-order valence-electron chi connectivity index (χ4n) is 2.63. The van der Waals surface area contributed by atoms with Gasteiger partial charge in [0.2, 0.25) is 0 Å². The first kappa shape index (κ1) is 14.3. The lowest BCUT2D eigenvalue weighted by atomic mass is 10.0. The minimum Gasteiger partial charge on any atom is -0.545 e. The molecule has 5 heteroatoms. The molecule has 0 saturated carbocycles. The van der Waals surface area contributed by atoms with Crippen molar-refractivity contribution in [2.24, 2.45) is 0 Å². The topological polar surface area (TPSA) is 70.8 Å². The van der Waals surface area contributed by atoms with Gasteiger partial charge in [-0.25, -0.2) is 4.98 Å². The van der Waals surface area contributed by atoms with Crippen LogP contribution in [0, 0.1) is 13.8 Å². The molecular formula is C17H16N3O2-. The van der Waals surface area contributed by atoms with Crippen LogP contribution in [0.3, 0.4) is 0 Å². The van der Waals surface area contributed by atoms with Crippen molar-refractivity contribution in [2.75, 3.05) is 0 Å². The Kier molecular flexibility index (Phi) is 3.41. The third-order valence-corrected chi connectivity index (χ3v) is 4.00. The number of carboxylic acids is 1.